The van der Waals surface area contributed by atoms with Gasteiger partial charge in [0.15, 0.2) is 0 Å². The van der Waals surface area contributed by atoms with E-state index < -0.39 is 0 Å². The Balaban J connectivity index is 3.15. The Morgan fingerprint density at radius 3 is 2.33 bits per heavy atom. The van der Waals surface area contributed by atoms with Gasteiger partial charge in [0, 0.05) is 6.54 Å². The van der Waals surface area contributed by atoms with Crippen molar-refractivity contribution in [2.24, 2.45) is 5.92 Å². The Hall–Kier alpha value is -0.570. The summed E-state index contributed by atoms with van der Waals surface area (Å²) in [7, 11) is 0. The van der Waals surface area contributed by atoms with Crippen molar-refractivity contribution in [2.75, 3.05) is 19.6 Å². The molecule has 0 aliphatic carbocycles. The van der Waals surface area contributed by atoms with Gasteiger partial charge in [-0.25, -0.2) is 0 Å². The fourth-order valence-electron chi connectivity index (χ4n) is 1.80. The van der Waals surface area contributed by atoms with E-state index in [-0.39, 0.29) is 5.91 Å². The van der Waals surface area contributed by atoms with Gasteiger partial charge in [0.05, 0.1) is 6.54 Å². The Labute approximate surface area is 113 Å². The van der Waals surface area contributed by atoms with Crippen molar-refractivity contribution in [3.8, 4) is 0 Å². The zero-order chi connectivity index (χ0) is 13.6. The zero-order valence-corrected chi connectivity index (χ0v) is 12.6. The minimum Gasteiger partial charge on any atom is -0.355 e. The molecule has 1 amide bonds. The van der Waals surface area contributed by atoms with Crippen LogP contribution in [0.4, 0.5) is 0 Å². The summed E-state index contributed by atoms with van der Waals surface area (Å²) in [5.74, 6) is 0.781. The second kappa shape index (κ2) is 12.9. The lowest BCUT2D eigenvalue weighted by molar-refractivity contribution is -0.120. The lowest BCUT2D eigenvalue weighted by Gasteiger charge is -2.08. The molecule has 0 aromatic heterocycles. The number of unbranched alkanes of at least 4 members (excludes halogenated alkanes) is 5. The summed E-state index contributed by atoms with van der Waals surface area (Å²) in [5, 5.41) is 6.13. The Kier molecular flexibility index (Phi) is 12.5. The summed E-state index contributed by atoms with van der Waals surface area (Å²) in [6.45, 7) is 8.80. The van der Waals surface area contributed by atoms with Crippen molar-refractivity contribution >= 4 is 5.91 Å². The molecule has 0 fully saturated rings. The molecule has 0 heterocycles. The van der Waals surface area contributed by atoms with Gasteiger partial charge in [0.25, 0.3) is 0 Å². The van der Waals surface area contributed by atoms with Gasteiger partial charge < -0.3 is 10.6 Å². The van der Waals surface area contributed by atoms with Gasteiger partial charge in [-0.15, -0.1) is 0 Å². The summed E-state index contributed by atoms with van der Waals surface area (Å²) in [5.41, 5.74) is 0. The molecule has 3 heteroatoms. The third-order valence-corrected chi connectivity index (χ3v) is 3.04. The maximum atomic E-state index is 11.4. The van der Waals surface area contributed by atoms with Crippen LogP contribution >= 0.6 is 0 Å². The molecular weight excluding hydrogens is 224 g/mol. The predicted molar refractivity (Wildman–Crippen MR) is 78.7 cm³/mol. The quantitative estimate of drug-likeness (QED) is 0.527. The van der Waals surface area contributed by atoms with Crippen molar-refractivity contribution in [3.05, 3.63) is 0 Å². The van der Waals surface area contributed by atoms with E-state index in [1.54, 1.807) is 0 Å². The van der Waals surface area contributed by atoms with E-state index >= 15 is 0 Å². The highest BCUT2D eigenvalue weighted by atomic mass is 16.1. The molecule has 3 nitrogen and oxygen atoms in total. The third kappa shape index (κ3) is 13.5. The number of rotatable bonds is 12. The summed E-state index contributed by atoms with van der Waals surface area (Å²) in [6, 6.07) is 0. The van der Waals surface area contributed by atoms with Crippen molar-refractivity contribution in [2.45, 2.75) is 65.7 Å². The Bertz CT molecular complexity index is 193. The molecule has 0 radical (unpaired) electrons. The van der Waals surface area contributed by atoms with Crippen LogP contribution in [0.3, 0.4) is 0 Å². The molecule has 0 aliphatic heterocycles. The van der Waals surface area contributed by atoms with Crippen LogP contribution in [0.1, 0.15) is 65.7 Å². The first-order chi connectivity index (χ1) is 8.66. The lowest BCUT2D eigenvalue weighted by atomic mass is 10.1. The van der Waals surface area contributed by atoms with E-state index in [0.29, 0.717) is 12.5 Å². The van der Waals surface area contributed by atoms with Gasteiger partial charge >= 0.3 is 0 Å². The molecule has 0 bridgehead atoms. The standard InChI is InChI=1S/C15H32N2O/c1-4-5-6-7-8-9-11-16-13-15(18)17-12-10-14(2)3/h14,16H,4-13H2,1-3H3,(H,17,18). The van der Waals surface area contributed by atoms with Gasteiger partial charge in [0.1, 0.15) is 0 Å². The normalized spacial score (nSPS) is 10.9. The van der Waals surface area contributed by atoms with Crippen LogP contribution in [0.5, 0.6) is 0 Å². The summed E-state index contributed by atoms with van der Waals surface area (Å²) in [4.78, 5) is 11.4. The van der Waals surface area contributed by atoms with Crippen LogP contribution in [0.25, 0.3) is 0 Å². The van der Waals surface area contributed by atoms with Crippen molar-refractivity contribution in [1.29, 1.82) is 0 Å². The van der Waals surface area contributed by atoms with Gasteiger partial charge in [0.2, 0.25) is 5.91 Å². The number of carbonyl (C=O) groups is 1. The fraction of sp³-hybridized carbons (Fsp3) is 0.933. The molecule has 108 valence electrons. The highest BCUT2D eigenvalue weighted by Gasteiger charge is 2.00. The molecule has 2 N–H and O–H groups in total. The van der Waals surface area contributed by atoms with Crippen LogP contribution in [0, 0.1) is 5.92 Å². The van der Waals surface area contributed by atoms with Crippen LogP contribution in [0.15, 0.2) is 0 Å². The lowest BCUT2D eigenvalue weighted by Crippen LogP contribution is -2.35. The first kappa shape index (κ1) is 17.4. The van der Waals surface area contributed by atoms with Crippen molar-refractivity contribution in [1.82, 2.24) is 10.6 Å². The highest BCUT2D eigenvalue weighted by molar-refractivity contribution is 5.77. The second-order valence-corrected chi connectivity index (χ2v) is 5.48. The average molecular weight is 256 g/mol. The first-order valence-corrected chi connectivity index (χ1v) is 7.64. The fourth-order valence-corrected chi connectivity index (χ4v) is 1.80. The largest absolute Gasteiger partial charge is 0.355 e. The van der Waals surface area contributed by atoms with Crippen molar-refractivity contribution in [3.63, 3.8) is 0 Å². The molecule has 0 saturated heterocycles. The maximum Gasteiger partial charge on any atom is 0.233 e. The van der Waals surface area contributed by atoms with E-state index in [4.69, 9.17) is 0 Å². The molecular formula is C15H32N2O. The number of amides is 1. The summed E-state index contributed by atoms with van der Waals surface area (Å²) < 4.78 is 0. The molecule has 0 atom stereocenters. The summed E-state index contributed by atoms with van der Waals surface area (Å²) in [6.07, 6.45) is 8.86. The molecule has 0 spiro atoms. The Morgan fingerprint density at radius 1 is 1.00 bits per heavy atom. The predicted octanol–water partition coefficient (Wildman–Crippen LogP) is 3.10. The monoisotopic (exact) mass is 256 g/mol. The number of nitrogens with one attached hydrogen (secondary N) is 2. The average Bonchev–Trinajstić information content (AvgIpc) is 2.32. The van der Waals surface area contributed by atoms with Crippen LogP contribution in [-0.4, -0.2) is 25.5 Å². The number of carbonyl (C=O) groups excluding carboxylic acids is 1. The van der Waals surface area contributed by atoms with Gasteiger partial charge in [-0.1, -0.05) is 52.9 Å². The molecule has 0 aromatic rings. The SMILES string of the molecule is CCCCCCCCNCC(=O)NCCC(C)C. The van der Waals surface area contributed by atoms with Crippen molar-refractivity contribution < 1.29 is 4.79 Å². The van der Waals surface area contributed by atoms with Crippen LogP contribution in [0.2, 0.25) is 0 Å². The van der Waals surface area contributed by atoms with Gasteiger partial charge in [-0.3, -0.25) is 4.79 Å². The van der Waals surface area contributed by atoms with E-state index in [0.717, 1.165) is 19.5 Å². The van der Waals surface area contributed by atoms with E-state index in [2.05, 4.69) is 31.4 Å². The van der Waals surface area contributed by atoms with Crippen LogP contribution in [-0.2, 0) is 4.79 Å². The molecule has 0 aromatic carbocycles. The highest BCUT2D eigenvalue weighted by Crippen LogP contribution is 2.03. The molecule has 0 aliphatic rings. The minimum atomic E-state index is 0.127. The maximum absolute atomic E-state index is 11.4. The van der Waals surface area contributed by atoms with E-state index in [1.165, 1.54) is 38.5 Å². The Morgan fingerprint density at radius 2 is 1.67 bits per heavy atom. The third-order valence-electron chi connectivity index (χ3n) is 3.04. The first-order valence-electron chi connectivity index (χ1n) is 7.64. The van der Waals surface area contributed by atoms with E-state index in [1.807, 2.05) is 0 Å². The van der Waals surface area contributed by atoms with Crippen LogP contribution < -0.4 is 10.6 Å². The smallest absolute Gasteiger partial charge is 0.233 e. The number of hydrogen-bond acceptors (Lipinski definition) is 2. The molecule has 0 rings (SSSR count). The summed E-state index contributed by atoms with van der Waals surface area (Å²) >= 11 is 0. The second-order valence-electron chi connectivity index (χ2n) is 5.48. The van der Waals surface area contributed by atoms with Gasteiger partial charge in [-0.2, -0.15) is 0 Å². The zero-order valence-electron chi connectivity index (χ0n) is 12.6. The molecule has 0 saturated carbocycles. The number of hydrogen-bond donors (Lipinski definition) is 2. The van der Waals surface area contributed by atoms with Gasteiger partial charge in [-0.05, 0) is 25.3 Å². The topological polar surface area (TPSA) is 41.1 Å². The molecule has 0 unspecified atom stereocenters. The minimum absolute atomic E-state index is 0.127. The molecule has 18 heavy (non-hydrogen) atoms. The van der Waals surface area contributed by atoms with E-state index in [9.17, 15) is 4.79 Å².